The number of phenolic OH excluding ortho intramolecular Hbond substituents is 1. The number of benzene rings is 2. The maximum Gasteiger partial charge on any atom is 0.162 e. The van der Waals surface area contributed by atoms with Gasteiger partial charge in [0, 0.05) is 11.5 Å². The summed E-state index contributed by atoms with van der Waals surface area (Å²) in [5.41, 5.74) is 1.09. The predicted molar refractivity (Wildman–Crippen MR) is 82.4 cm³/mol. The van der Waals surface area contributed by atoms with Crippen LogP contribution in [0.25, 0.3) is 10.9 Å². The molecule has 3 aromatic rings. The number of hydrogen-bond acceptors (Lipinski definition) is 5. The number of fused-ring (bicyclic) bond motifs is 1. The Balaban J connectivity index is 2.09. The van der Waals surface area contributed by atoms with Gasteiger partial charge < -0.3 is 15.2 Å². The van der Waals surface area contributed by atoms with Gasteiger partial charge in [0.1, 0.15) is 18.0 Å². The van der Waals surface area contributed by atoms with E-state index in [2.05, 4.69) is 15.3 Å². The molecule has 0 saturated heterocycles. The number of hydrogen-bond donors (Lipinski definition) is 2. The largest absolute Gasteiger partial charge is 0.504 e. The summed E-state index contributed by atoms with van der Waals surface area (Å²) in [6, 6.07) is 7.10. The molecule has 0 spiro atoms. The van der Waals surface area contributed by atoms with Crippen molar-refractivity contribution in [1.82, 2.24) is 9.97 Å². The zero-order chi connectivity index (χ0) is 15.7. The Kier molecular flexibility index (Phi) is 3.68. The van der Waals surface area contributed by atoms with Crippen molar-refractivity contribution in [3.63, 3.8) is 0 Å². The van der Waals surface area contributed by atoms with Crippen LogP contribution in [-0.2, 0) is 0 Å². The topological polar surface area (TPSA) is 67.3 Å². The first-order valence-electron chi connectivity index (χ1n) is 6.32. The Bertz CT molecular complexity index is 858. The van der Waals surface area contributed by atoms with Crippen LogP contribution in [0.2, 0.25) is 5.02 Å². The van der Waals surface area contributed by atoms with Gasteiger partial charge in [0.2, 0.25) is 0 Å². The number of nitrogens with one attached hydrogen (secondary N) is 1. The van der Waals surface area contributed by atoms with Crippen molar-refractivity contribution >= 4 is 34.0 Å². The van der Waals surface area contributed by atoms with Crippen LogP contribution in [0.15, 0.2) is 36.7 Å². The summed E-state index contributed by atoms with van der Waals surface area (Å²) in [6.45, 7) is 0. The molecule has 0 atom stereocenters. The molecule has 2 aromatic carbocycles. The van der Waals surface area contributed by atoms with E-state index < -0.39 is 5.82 Å². The monoisotopic (exact) mass is 319 g/mol. The number of phenols is 1. The average Bonchev–Trinajstić information content (AvgIpc) is 2.50. The third-order valence-electron chi connectivity index (χ3n) is 3.12. The molecular formula is C15H11ClFN3O2. The van der Waals surface area contributed by atoms with Gasteiger partial charge in [-0.15, -0.1) is 0 Å². The molecular weight excluding hydrogens is 309 g/mol. The van der Waals surface area contributed by atoms with E-state index in [-0.39, 0.29) is 10.8 Å². The summed E-state index contributed by atoms with van der Waals surface area (Å²) in [4.78, 5) is 8.27. The fraction of sp³-hybridized carbons (Fsp3) is 0.0667. The van der Waals surface area contributed by atoms with Crippen LogP contribution in [0.3, 0.4) is 0 Å². The van der Waals surface area contributed by atoms with Crippen LogP contribution in [0.1, 0.15) is 0 Å². The summed E-state index contributed by atoms with van der Waals surface area (Å²) in [5.74, 6) is 0.303. The highest BCUT2D eigenvalue weighted by molar-refractivity contribution is 6.33. The van der Waals surface area contributed by atoms with Crippen molar-refractivity contribution in [3.05, 3.63) is 47.5 Å². The summed E-state index contributed by atoms with van der Waals surface area (Å²) >= 11 is 5.99. The molecule has 0 aliphatic carbocycles. The summed E-state index contributed by atoms with van der Waals surface area (Å²) in [6.07, 6.45) is 1.37. The molecule has 0 fully saturated rings. The fourth-order valence-electron chi connectivity index (χ4n) is 2.05. The second kappa shape index (κ2) is 5.65. The number of rotatable bonds is 3. The lowest BCUT2D eigenvalue weighted by Gasteiger charge is -2.11. The van der Waals surface area contributed by atoms with Crippen LogP contribution >= 0.6 is 11.6 Å². The van der Waals surface area contributed by atoms with Crippen LogP contribution < -0.4 is 10.1 Å². The maximum absolute atomic E-state index is 13.1. The number of anilines is 2. The first-order chi connectivity index (χ1) is 10.6. The first-order valence-corrected chi connectivity index (χ1v) is 6.70. The number of ether oxygens (including phenoxy) is 1. The second-order valence-corrected chi connectivity index (χ2v) is 4.92. The van der Waals surface area contributed by atoms with Gasteiger partial charge in [0.05, 0.1) is 23.3 Å². The smallest absolute Gasteiger partial charge is 0.162 e. The molecule has 5 nitrogen and oxygen atoms in total. The lowest BCUT2D eigenvalue weighted by Crippen LogP contribution is -1.97. The molecule has 0 saturated carbocycles. The highest BCUT2D eigenvalue weighted by Crippen LogP contribution is 2.34. The molecule has 1 aromatic heterocycles. The van der Waals surface area contributed by atoms with Crippen molar-refractivity contribution in [1.29, 1.82) is 0 Å². The Labute approximate surface area is 130 Å². The molecule has 1 heterocycles. The molecule has 0 radical (unpaired) electrons. The normalized spacial score (nSPS) is 10.7. The Morgan fingerprint density at radius 3 is 2.77 bits per heavy atom. The zero-order valence-corrected chi connectivity index (χ0v) is 12.2. The number of methoxy groups -OCH3 is 1. The van der Waals surface area contributed by atoms with Gasteiger partial charge in [0.15, 0.2) is 11.5 Å². The van der Waals surface area contributed by atoms with E-state index in [1.165, 1.54) is 37.7 Å². The van der Waals surface area contributed by atoms with E-state index in [9.17, 15) is 9.50 Å². The van der Waals surface area contributed by atoms with Crippen LogP contribution in [0, 0.1) is 5.82 Å². The fourth-order valence-corrected chi connectivity index (χ4v) is 2.27. The number of nitrogens with zero attached hydrogens (tertiary/aromatic N) is 2. The Morgan fingerprint density at radius 1 is 1.23 bits per heavy atom. The van der Waals surface area contributed by atoms with Gasteiger partial charge in [-0.3, -0.25) is 0 Å². The van der Waals surface area contributed by atoms with Crippen molar-refractivity contribution < 1.29 is 14.2 Å². The van der Waals surface area contributed by atoms with E-state index in [1.54, 1.807) is 6.07 Å². The van der Waals surface area contributed by atoms with Gasteiger partial charge in [-0.25, -0.2) is 14.4 Å². The standard InChI is InChI=1S/C15H11ClFN3O2/c1-22-14-6-12-9(5-13(14)21)15(19-7-18-12)20-11-3-2-8(17)4-10(11)16/h2-7,21H,1H3,(H,18,19,20). The molecule has 0 aliphatic heterocycles. The van der Waals surface area contributed by atoms with Gasteiger partial charge >= 0.3 is 0 Å². The Morgan fingerprint density at radius 2 is 2.05 bits per heavy atom. The molecule has 3 rings (SSSR count). The minimum absolute atomic E-state index is 0.0296. The molecule has 0 aliphatic rings. The quantitative estimate of drug-likeness (QED) is 0.767. The zero-order valence-electron chi connectivity index (χ0n) is 11.5. The lowest BCUT2D eigenvalue weighted by molar-refractivity contribution is 0.374. The molecule has 22 heavy (non-hydrogen) atoms. The van der Waals surface area contributed by atoms with Crippen molar-refractivity contribution in [3.8, 4) is 11.5 Å². The van der Waals surface area contributed by atoms with E-state index in [0.717, 1.165) is 0 Å². The van der Waals surface area contributed by atoms with E-state index >= 15 is 0 Å². The van der Waals surface area contributed by atoms with Gasteiger partial charge in [0.25, 0.3) is 0 Å². The van der Waals surface area contributed by atoms with E-state index in [1.807, 2.05) is 0 Å². The van der Waals surface area contributed by atoms with Crippen LogP contribution in [0.5, 0.6) is 11.5 Å². The van der Waals surface area contributed by atoms with Crippen molar-refractivity contribution in [2.24, 2.45) is 0 Å². The molecule has 0 amide bonds. The minimum Gasteiger partial charge on any atom is -0.504 e. The lowest BCUT2D eigenvalue weighted by atomic mass is 10.2. The Hall–Kier alpha value is -2.60. The SMILES string of the molecule is COc1cc2ncnc(Nc3ccc(F)cc3Cl)c2cc1O. The minimum atomic E-state index is -0.425. The van der Waals surface area contributed by atoms with Gasteiger partial charge in [-0.2, -0.15) is 0 Å². The highest BCUT2D eigenvalue weighted by Gasteiger charge is 2.11. The molecule has 7 heteroatoms. The molecule has 2 N–H and O–H groups in total. The third-order valence-corrected chi connectivity index (χ3v) is 3.43. The summed E-state index contributed by atoms with van der Waals surface area (Å²) in [7, 11) is 1.46. The van der Waals surface area contributed by atoms with Gasteiger partial charge in [-0.1, -0.05) is 11.6 Å². The third kappa shape index (κ3) is 2.60. The maximum atomic E-state index is 13.1. The summed E-state index contributed by atoms with van der Waals surface area (Å²) in [5, 5.41) is 13.7. The molecule has 0 bridgehead atoms. The number of halogens is 2. The number of aromatic nitrogens is 2. The van der Waals surface area contributed by atoms with Crippen molar-refractivity contribution in [2.45, 2.75) is 0 Å². The summed E-state index contributed by atoms with van der Waals surface area (Å²) < 4.78 is 18.1. The predicted octanol–water partition coefficient (Wildman–Crippen LogP) is 3.88. The highest BCUT2D eigenvalue weighted by atomic mass is 35.5. The van der Waals surface area contributed by atoms with Crippen LogP contribution in [-0.4, -0.2) is 22.2 Å². The van der Waals surface area contributed by atoms with E-state index in [4.69, 9.17) is 16.3 Å². The van der Waals surface area contributed by atoms with E-state index in [0.29, 0.717) is 28.2 Å². The molecule has 0 unspecified atom stereocenters. The number of aromatic hydroxyl groups is 1. The van der Waals surface area contributed by atoms with Gasteiger partial charge in [-0.05, 0) is 24.3 Å². The first kappa shape index (κ1) is 14.3. The van der Waals surface area contributed by atoms with Crippen molar-refractivity contribution in [2.75, 3.05) is 12.4 Å². The average molecular weight is 320 g/mol. The second-order valence-electron chi connectivity index (χ2n) is 4.51. The van der Waals surface area contributed by atoms with Crippen LogP contribution in [0.4, 0.5) is 15.9 Å². The molecule has 112 valence electrons.